The molecule has 15 heavy (non-hydrogen) atoms. The van der Waals surface area contributed by atoms with Gasteiger partial charge < -0.3 is 0 Å². The van der Waals surface area contributed by atoms with Crippen molar-refractivity contribution in [1.29, 1.82) is 0 Å². The zero-order valence-electron chi connectivity index (χ0n) is 10.6. The first-order chi connectivity index (χ1) is 7.09. The Balaban J connectivity index is 2.35. The van der Waals surface area contributed by atoms with Crippen molar-refractivity contribution in [3.63, 3.8) is 0 Å². The largest absolute Gasteiger partial charge is 0.0859 e. The molecular weight excluding hydrogens is 180 g/mol. The van der Waals surface area contributed by atoms with Gasteiger partial charge >= 0.3 is 0 Å². The van der Waals surface area contributed by atoms with E-state index in [0.29, 0.717) is 0 Å². The number of hydrogen-bond donors (Lipinski definition) is 0. The molecule has 0 nitrogen and oxygen atoms in total. The minimum Gasteiger partial charge on any atom is -0.0859 e. The summed E-state index contributed by atoms with van der Waals surface area (Å²) in [4.78, 5) is 0. The van der Waals surface area contributed by atoms with Crippen LogP contribution in [0.1, 0.15) is 53.4 Å². The van der Waals surface area contributed by atoms with E-state index in [1.807, 2.05) is 0 Å². The number of allylic oxidation sites excluding steroid dienone is 6. The van der Waals surface area contributed by atoms with Gasteiger partial charge in [-0.25, -0.2) is 0 Å². The molecule has 0 spiro atoms. The lowest BCUT2D eigenvalue weighted by molar-refractivity contribution is 0.603. The van der Waals surface area contributed by atoms with Crippen molar-refractivity contribution in [3.8, 4) is 0 Å². The Hall–Kier alpha value is -0.780. The van der Waals surface area contributed by atoms with Crippen LogP contribution in [0.15, 0.2) is 34.9 Å². The molecule has 1 atom stereocenters. The third-order valence-electron chi connectivity index (χ3n) is 3.16. The van der Waals surface area contributed by atoms with Crippen molar-refractivity contribution in [1.82, 2.24) is 0 Å². The fourth-order valence-corrected chi connectivity index (χ4v) is 1.96. The minimum absolute atomic E-state index is 0.755. The molecule has 0 amide bonds. The molecule has 0 fully saturated rings. The average Bonchev–Trinajstić information content (AvgIpc) is 2.18. The second-order valence-electron chi connectivity index (χ2n) is 5.00. The molecule has 84 valence electrons. The molecule has 0 unspecified atom stereocenters. The monoisotopic (exact) mass is 204 g/mol. The lowest BCUT2D eigenvalue weighted by Crippen LogP contribution is -2.01. The van der Waals surface area contributed by atoms with E-state index in [9.17, 15) is 0 Å². The molecule has 0 radical (unpaired) electrons. The van der Waals surface area contributed by atoms with Crippen LogP contribution in [0.2, 0.25) is 0 Å². The summed E-state index contributed by atoms with van der Waals surface area (Å²) in [5.74, 6) is 0.755. The summed E-state index contributed by atoms with van der Waals surface area (Å²) >= 11 is 0. The van der Waals surface area contributed by atoms with Crippen molar-refractivity contribution in [2.45, 2.75) is 53.4 Å². The first kappa shape index (κ1) is 12.3. The molecule has 0 saturated heterocycles. The highest BCUT2D eigenvalue weighted by atomic mass is 14.1. The van der Waals surface area contributed by atoms with Gasteiger partial charge in [0.15, 0.2) is 0 Å². The van der Waals surface area contributed by atoms with E-state index in [4.69, 9.17) is 0 Å². The molecule has 0 aliphatic heterocycles. The molecule has 0 heterocycles. The van der Waals surface area contributed by atoms with E-state index in [0.717, 1.165) is 5.92 Å². The SMILES string of the molecule is CC(C)=CCC[C@H](C)C1=CCC(C)=CC1. The highest BCUT2D eigenvalue weighted by molar-refractivity contribution is 5.21. The third kappa shape index (κ3) is 4.51. The van der Waals surface area contributed by atoms with E-state index in [2.05, 4.69) is 45.9 Å². The summed E-state index contributed by atoms with van der Waals surface area (Å²) in [6, 6.07) is 0. The number of rotatable bonds is 4. The molecule has 0 N–H and O–H groups in total. The van der Waals surface area contributed by atoms with Gasteiger partial charge in [0.25, 0.3) is 0 Å². The van der Waals surface area contributed by atoms with Crippen LogP contribution in [0, 0.1) is 5.92 Å². The molecule has 1 rings (SSSR count). The average molecular weight is 204 g/mol. The third-order valence-corrected chi connectivity index (χ3v) is 3.16. The summed E-state index contributed by atoms with van der Waals surface area (Å²) < 4.78 is 0. The van der Waals surface area contributed by atoms with Gasteiger partial charge in [-0.15, -0.1) is 0 Å². The molecule has 0 aromatic rings. The van der Waals surface area contributed by atoms with Crippen molar-refractivity contribution in [2.24, 2.45) is 5.92 Å². The van der Waals surface area contributed by atoms with Crippen LogP contribution in [-0.4, -0.2) is 0 Å². The van der Waals surface area contributed by atoms with Crippen molar-refractivity contribution in [2.75, 3.05) is 0 Å². The summed E-state index contributed by atoms with van der Waals surface area (Å²) in [7, 11) is 0. The molecule has 1 aliphatic carbocycles. The standard InChI is InChI=1S/C15H24/c1-12(2)6-5-7-14(4)15-10-8-13(3)9-11-15/h6,8,11,14H,5,7,9-10H2,1-4H3/t14-/m0/s1. The lowest BCUT2D eigenvalue weighted by Gasteiger charge is -2.18. The zero-order valence-corrected chi connectivity index (χ0v) is 10.6. The van der Waals surface area contributed by atoms with E-state index in [1.54, 1.807) is 5.57 Å². The fraction of sp³-hybridized carbons (Fsp3) is 0.600. The van der Waals surface area contributed by atoms with Gasteiger partial charge in [0.05, 0.1) is 0 Å². The quantitative estimate of drug-likeness (QED) is 0.563. The van der Waals surface area contributed by atoms with Crippen molar-refractivity contribution >= 4 is 0 Å². The van der Waals surface area contributed by atoms with Gasteiger partial charge in [-0.1, -0.05) is 41.9 Å². The van der Waals surface area contributed by atoms with E-state index in [1.165, 1.54) is 36.8 Å². The molecule has 0 heteroatoms. The number of hydrogen-bond acceptors (Lipinski definition) is 0. The molecule has 0 aromatic heterocycles. The van der Waals surface area contributed by atoms with Gasteiger partial charge in [-0.2, -0.15) is 0 Å². The Bertz CT molecular complexity index is 285. The lowest BCUT2D eigenvalue weighted by atomic mass is 9.88. The molecule has 0 bridgehead atoms. The van der Waals surface area contributed by atoms with Crippen LogP contribution in [0.4, 0.5) is 0 Å². The maximum absolute atomic E-state index is 2.43. The first-order valence-corrected chi connectivity index (χ1v) is 6.07. The minimum atomic E-state index is 0.755. The molecule has 0 aromatic carbocycles. The Morgan fingerprint density at radius 3 is 2.60 bits per heavy atom. The summed E-state index contributed by atoms with van der Waals surface area (Å²) in [5, 5.41) is 0. The predicted molar refractivity (Wildman–Crippen MR) is 68.9 cm³/mol. The second-order valence-corrected chi connectivity index (χ2v) is 5.00. The second kappa shape index (κ2) is 5.95. The van der Waals surface area contributed by atoms with E-state index in [-0.39, 0.29) is 0 Å². The highest BCUT2D eigenvalue weighted by Gasteiger charge is 2.09. The first-order valence-electron chi connectivity index (χ1n) is 6.07. The van der Waals surface area contributed by atoms with Crippen molar-refractivity contribution < 1.29 is 0 Å². The van der Waals surface area contributed by atoms with Crippen LogP contribution in [0.5, 0.6) is 0 Å². The zero-order chi connectivity index (χ0) is 11.3. The van der Waals surface area contributed by atoms with Crippen LogP contribution in [-0.2, 0) is 0 Å². The Labute approximate surface area is 94.8 Å². The van der Waals surface area contributed by atoms with Gasteiger partial charge in [0, 0.05) is 0 Å². The molecular formula is C15H24. The maximum Gasteiger partial charge on any atom is -0.0133 e. The Kier molecular flexibility index (Phi) is 4.87. The van der Waals surface area contributed by atoms with Gasteiger partial charge in [-0.05, 0) is 52.4 Å². The smallest absolute Gasteiger partial charge is 0.0133 e. The Morgan fingerprint density at radius 2 is 2.07 bits per heavy atom. The topological polar surface area (TPSA) is 0 Å². The summed E-state index contributed by atoms with van der Waals surface area (Å²) in [6.07, 6.45) is 12.0. The normalized spacial score (nSPS) is 17.9. The summed E-state index contributed by atoms with van der Waals surface area (Å²) in [6.45, 7) is 8.94. The van der Waals surface area contributed by atoms with E-state index >= 15 is 0 Å². The molecule has 1 aliphatic rings. The van der Waals surface area contributed by atoms with Gasteiger partial charge in [0.1, 0.15) is 0 Å². The van der Waals surface area contributed by atoms with Crippen LogP contribution < -0.4 is 0 Å². The van der Waals surface area contributed by atoms with Crippen LogP contribution in [0.3, 0.4) is 0 Å². The molecule has 0 saturated carbocycles. The predicted octanol–water partition coefficient (Wildman–Crippen LogP) is 5.04. The van der Waals surface area contributed by atoms with Crippen LogP contribution in [0.25, 0.3) is 0 Å². The Morgan fingerprint density at radius 1 is 1.33 bits per heavy atom. The van der Waals surface area contributed by atoms with Gasteiger partial charge in [0.2, 0.25) is 0 Å². The highest BCUT2D eigenvalue weighted by Crippen LogP contribution is 2.26. The van der Waals surface area contributed by atoms with Gasteiger partial charge in [-0.3, -0.25) is 0 Å². The van der Waals surface area contributed by atoms with Crippen molar-refractivity contribution in [3.05, 3.63) is 34.9 Å². The van der Waals surface area contributed by atoms with Crippen LogP contribution >= 0.6 is 0 Å². The van der Waals surface area contributed by atoms with E-state index < -0.39 is 0 Å². The maximum atomic E-state index is 2.43. The fourth-order valence-electron chi connectivity index (χ4n) is 1.96. The summed E-state index contributed by atoms with van der Waals surface area (Å²) in [5.41, 5.74) is 4.61.